The van der Waals surface area contributed by atoms with Crippen LogP contribution < -0.4 is 0 Å². The molecule has 3 rings (SSSR count). The van der Waals surface area contributed by atoms with Gasteiger partial charge in [-0.05, 0) is 73.6 Å². The second-order valence-electron chi connectivity index (χ2n) is 8.94. The summed E-state index contributed by atoms with van der Waals surface area (Å²) in [7, 11) is 0. The molecule has 0 aliphatic heterocycles. The molecule has 1 aromatic rings. The molecule has 1 N–H and O–H groups in total. The van der Waals surface area contributed by atoms with Gasteiger partial charge < -0.3 is 5.11 Å². The smallest absolute Gasteiger partial charge is 0.170 e. The topological polar surface area (TPSA) is 37.3 Å². The largest absolute Gasteiger partial charge is 0.508 e. The van der Waals surface area contributed by atoms with Gasteiger partial charge in [0, 0.05) is 11.5 Å². The number of benzene rings is 1. The van der Waals surface area contributed by atoms with Crippen molar-refractivity contribution in [3.05, 3.63) is 41.0 Å². The molecular weight excluding hydrogens is 296 g/mol. The van der Waals surface area contributed by atoms with Crippen LogP contribution >= 0.6 is 0 Å². The van der Waals surface area contributed by atoms with Crippen molar-refractivity contribution in [2.45, 2.75) is 60.3 Å². The summed E-state index contributed by atoms with van der Waals surface area (Å²) in [4.78, 5) is 13.4. The summed E-state index contributed by atoms with van der Waals surface area (Å²) < 4.78 is 0. The van der Waals surface area contributed by atoms with Crippen LogP contribution in [-0.2, 0) is 0 Å². The van der Waals surface area contributed by atoms with E-state index in [0.29, 0.717) is 11.5 Å². The van der Waals surface area contributed by atoms with E-state index in [1.807, 2.05) is 13.0 Å². The van der Waals surface area contributed by atoms with E-state index in [2.05, 4.69) is 33.8 Å². The lowest BCUT2D eigenvalue weighted by atomic mass is 9.48. The fourth-order valence-corrected chi connectivity index (χ4v) is 5.62. The van der Waals surface area contributed by atoms with Gasteiger partial charge in [0.05, 0.1) is 0 Å². The fraction of sp³-hybridized carbons (Fsp3) is 0.591. The van der Waals surface area contributed by atoms with Gasteiger partial charge in [-0.1, -0.05) is 38.8 Å². The molecule has 1 saturated carbocycles. The Kier molecular flexibility index (Phi) is 4.14. The molecule has 24 heavy (non-hydrogen) atoms. The molecule has 0 bridgehead atoms. The molecule has 0 amide bonds. The monoisotopic (exact) mass is 326 g/mol. The van der Waals surface area contributed by atoms with E-state index in [1.54, 1.807) is 12.1 Å². The third-order valence-corrected chi connectivity index (χ3v) is 6.68. The minimum absolute atomic E-state index is 0.0109. The zero-order chi connectivity index (χ0) is 17.7. The standard InChI is InChI=1S/C22H30O2/c1-14-11-16(13-17(23)12-14)20(24)19-15(2)7-8-18-21(3,4)9-6-10-22(18,19)5/h7,11-13,18-19,23H,6,8-10H2,1-5H3/t18-,19+,22-/m0/s1. The number of aromatic hydroxyl groups is 1. The number of carbonyl (C=O) groups is 1. The number of Topliss-reactive ketones (excluding diaryl/α,β-unsaturated/α-hetero) is 1. The lowest BCUT2D eigenvalue weighted by Crippen LogP contribution is -2.50. The maximum Gasteiger partial charge on any atom is 0.170 e. The molecule has 1 aromatic carbocycles. The molecule has 2 heteroatoms. The first-order valence-corrected chi connectivity index (χ1v) is 9.17. The summed E-state index contributed by atoms with van der Waals surface area (Å²) in [6.45, 7) is 11.1. The highest BCUT2D eigenvalue weighted by Crippen LogP contribution is 2.60. The quantitative estimate of drug-likeness (QED) is 0.560. The van der Waals surface area contributed by atoms with Crippen molar-refractivity contribution < 1.29 is 9.90 Å². The number of phenolic OH excluding ortho intramolecular Hbond substituents is 1. The Morgan fingerprint density at radius 3 is 2.50 bits per heavy atom. The second kappa shape index (κ2) is 5.75. The third-order valence-electron chi connectivity index (χ3n) is 6.68. The van der Waals surface area contributed by atoms with Crippen LogP contribution in [0.15, 0.2) is 29.8 Å². The molecule has 0 spiro atoms. The molecule has 0 aromatic heterocycles. The van der Waals surface area contributed by atoms with Gasteiger partial charge in [-0.25, -0.2) is 0 Å². The van der Waals surface area contributed by atoms with Crippen molar-refractivity contribution in [2.24, 2.45) is 22.7 Å². The molecule has 0 unspecified atom stereocenters. The van der Waals surface area contributed by atoms with Crippen molar-refractivity contribution in [1.29, 1.82) is 0 Å². The number of allylic oxidation sites excluding steroid dienone is 2. The Hall–Kier alpha value is -1.57. The van der Waals surface area contributed by atoms with Crippen molar-refractivity contribution in [3.63, 3.8) is 0 Å². The Morgan fingerprint density at radius 2 is 1.83 bits per heavy atom. The normalized spacial score (nSPS) is 32.0. The minimum atomic E-state index is -0.0722. The van der Waals surface area contributed by atoms with Crippen LogP contribution in [0.25, 0.3) is 0 Å². The molecule has 2 aliphatic carbocycles. The Morgan fingerprint density at radius 1 is 1.12 bits per heavy atom. The van der Waals surface area contributed by atoms with E-state index in [-0.39, 0.29) is 28.3 Å². The molecule has 130 valence electrons. The van der Waals surface area contributed by atoms with Crippen LogP contribution in [0, 0.1) is 29.6 Å². The summed E-state index contributed by atoms with van der Waals surface area (Å²) in [6, 6.07) is 5.24. The summed E-state index contributed by atoms with van der Waals surface area (Å²) in [5.41, 5.74) is 3.07. The minimum Gasteiger partial charge on any atom is -0.508 e. The average Bonchev–Trinajstić information content (AvgIpc) is 2.44. The Labute approximate surface area is 146 Å². The Balaban J connectivity index is 2.06. The lowest BCUT2D eigenvalue weighted by Gasteiger charge is -2.56. The van der Waals surface area contributed by atoms with E-state index < -0.39 is 0 Å². The van der Waals surface area contributed by atoms with Gasteiger partial charge in [0.2, 0.25) is 0 Å². The van der Waals surface area contributed by atoms with E-state index in [0.717, 1.165) is 18.4 Å². The predicted octanol–water partition coefficient (Wildman–Crippen LogP) is 5.68. The van der Waals surface area contributed by atoms with Gasteiger partial charge in [0.1, 0.15) is 5.75 Å². The fourth-order valence-electron chi connectivity index (χ4n) is 5.62. The van der Waals surface area contributed by atoms with Crippen LogP contribution in [0.2, 0.25) is 0 Å². The van der Waals surface area contributed by atoms with Gasteiger partial charge in [-0.2, -0.15) is 0 Å². The maximum atomic E-state index is 13.4. The van der Waals surface area contributed by atoms with Crippen molar-refractivity contribution >= 4 is 5.78 Å². The van der Waals surface area contributed by atoms with Gasteiger partial charge >= 0.3 is 0 Å². The van der Waals surface area contributed by atoms with Crippen molar-refractivity contribution in [1.82, 2.24) is 0 Å². The summed E-state index contributed by atoms with van der Waals surface area (Å²) >= 11 is 0. The first-order chi connectivity index (χ1) is 11.1. The van der Waals surface area contributed by atoms with Gasteiger partial charge in [-0.3, -0.25) is 4.79 Å². The predicted molar refractivity (Wildman–Crippen MR) is 98.3 cm³/mol. The van der Waals surface area contributed by atoms with Gasteiger partial charge in [0.15, 0.2) is 5.78 Å². The second-order valence-corrected chi connectivity index (χ2v) is 8.94. The molecule has 0 radical (unpaired) electrons. The number of rotatable bonds is 2. The molecular formula is C22H30O2. The van der Waals surface area contributed by atoms with Crippen LogP contribution in [0.1, 0.15) is 69.3 Å². The van der Waals surface area contributed by atoms with Gasteiger partial charge in [0.25, 0.3) is 0 Å². The van der Waals surface area contributed by atoms with E-state index in [1.165, 1.54) is 18.4 Å². The average molecular weight is 326 g/mol. The number of hydrogen-bond donors (Lipinski definition) is 1. The molecule has 1 fully saturated rings. The number of carbonyl (C=O) groups excluding carboxylic acids is 1. The lowest BCUT2D eigenvalue weighted by molar-refractivity contribution is -0.0294. The van der Waals surface area contributed by atoms with Crippen LogP contribution in [0.5, 0.6) is 5.75 Å². The van der Waals surface area contributed by atoms with Crippen LogP contribution in [0.3, 0.4) is 0 Å². The van der Waals surface area contributed by atoms with Gasteiger partial charge in [-0.15, -0.1) is 0 Å². The van der Waals surface area contributed by atoms with E-state index in [4.69, 9.17) is 0 Å². The van der Waals surface area contributed by atoms with Crippen LogP contribution in [0.4, 0.5) is 0 Å². The number of ketones is 1. The maximum absolute atomic E-state index is 13.4. The number of phenols is 1. The molecule has 3 atom stereocenters. The highest BCUT2D eigenvalue weighted by molar-refractivity contribution is 6.00. The molecule has 0 heterocycles. The number of fused-ring (bicyclic) bond motifs is 1. The summed E-state index contributed by atoms with van der Waals surface area (Å²) in [5, 5.41) is 9.92. The van der Waals surface area contributed by atoms with Crippen molar-refractivity contribution in [3.8, 4) is 5.75 Å². The number of hydrogen-bond acceptors (Lipinski definition) is 2. The first kappa shape index (κ1) is 17.3. The Bertz CT molecular complexity index is 678. The van der Waals surface area contributed by atoms with E-state index in [9.17, 15) is 9.90 Å². The zero-order valence-electron chi connectivity index (χ0n) is 15.6. The highest BCUT2D eigenvalue weighted by Gasteiger charge is 2.54. The summed E-state index contributed by atoms with van der Waals surface area (Å²) in [5.74, 6) is 0.820. The van der Waals surface area contributed by atoms with E-state index >= 15 is 0 Å². The first-order valence-electron chi connectivity index (χ1n) is 9.17. The summed E-state index contributed by atoms with van der Waals surface area (Å²) in [6.07, 6.45) is 6.92. The van der Waals surface area contributed by atoms with Crippen LogP contribution in [-0.4, -0.2) is 10.9 Å². The SMILES string of the molecule is CC1=CC[C@H]2C(C)(C)CCC[C@]2(C)[C@H]1C(=O)c1cc(C)cc(O)c1. The molecule has 2 nitrogen and oxygen atoms in total. The number of aryl methyl sites for hydroxylation is 1. The molecule has 2 aliphatic rings. The third kappa shape index (κ3) is 2.70. The van der Waals surface area contributed by atoms with Crippen molar-refractivity contribution in [2.75, 3.05) is 0 Å². The molecule has 0 saturated heterocycles. The zero-order valence-corrected chi connectivity index (χ0v) is 15.6. The highest BCUT2D eigenvalue weighted by atomic mass is 16.3.